The molecule has 22 heavy (non-hydrogen) atoms. The number of benzene rings is 1. The lowest BCUT2D eigenvalue weighted by molar-refractivity contribution is 0.0960. The van der Waals surface area contributed by atoms with E-state index in [0.29, 0.717) is 6.42 Å². The van der Waals surface area contributed by atoms with Crippen molar-refractivity contribution in [2.45, 2.75) is 45.4 Å². The molecule has 0 spiro atoms. The number of hydrogen-bond acceptors (Lipinski definition) is 3. The number of nitrogens with zero attached hydrogens (tertiary/aromatic N) is 1. The molecule has 0 saturated carbocycles. The van der Waals surface area contributed by atoms with Crippen LogP contribution in [0.25, 0.3) is 0 Å². The van der Waals surface area contributed by atoms with Gasteiger partial charge in [0.25, 0.3) is 0 Å². The van der Waals surface area contributed by atoms with Crippen molar-refractivity contribution in [1.29, 1.82) is 0 Å². The quantitative estimate of drug-likeness (QED) is 0.561. The van der Waals surface area contributed by atoms with Crippen molar-refractivity contribution >= 4 is 5.78 Å². The molecule has 0 aromatic heterocycles. The lowest BCUT2D eigenvalue weighted by Gasteiger charge is -2.26. The van der Waals surface area contributed by atoms with Gasteiger partial charge >= 0.3 is 0 Å². The van der Waals surface area contributed by atoms with Crippen LogP contribution in [0.3, 0.4) is 0 Å². The molecule has 0 amide bonds. The summed E-state index contributed by atoms with van der Waals surface area (Å²) in [5.74, 6) is 0.274. The van der Waals surface area contributed by atoms with Crippen LogP contribution in [0.1, 0.15) is 54.9 Å². The highest BCUT2D eigenvalue weighted by molar-refractivity contribution is 5.96. The van der Waals surface area contributed by atoms with E-state index in [1.54, 1.807) is 0 Å². The molecule has 1 saturated heterocycles. The van der Waals surface area contributed by atoms with Gasteiger partial charge in [-0.05, 0) is 18.4 Å². The number of carbonyl (C=O) groups is 1. The van der Waals surface area contributed by atoms with Gasteiger partial charge in [0.2, 0.25) is 0 Å². The highest BCUT2D eigenvalue weighted by Gasteiger charge is 2.12. The molecule has 1 aliphatic rings. The Labute approximate surface area is 135 Å². The van der Waals surface area contributed by atoms with Crippen LogP contribution in [0.4, 0.5) is 0 Å². The maximum absolute atomic E-state index is 12.3. The Morgan fingerprint density at radius 1 is 1.09 bits per heavy atom. The van der Waals surface area contributed by atoms with Gasteiger partial charge in [0.1, 0.15) is 0 Å². The summed E-state index contributed by atoms with van der Waals surface area (Å²) in [6, 6.07) is 8.28. The monoisotopic (exact) mass is 302 g/mol. The fraction of sp³-hybridized carbons (Fsp3) is 0.632. The molecule has 1 aromatic rings. The molecule has 1 heterocycles. The van der Waals surface area contributed by atoms with Gasteiger partial charge in [-0.3, -0.25) is 4.79 Å². The minimum atomic E-state index is 0.274. The summed E-state index contributed by atoms with van der Waals surface area (Å²) in [5, 5.41) is 3.34. The van der Waals surface area contributed by atoms with Crippen molar-refractivity contribution in [2.24, 2.45) is 0 Å². The van der Waals surface area contributed by atoms with Crippen molar-refractivity contribution in [3.8, 4) is 0 Å². The first kappa shape index (κ1) is 17.2. The third-order valence-electron chi connectivity index (χ3n) is 4.46. The number of unbranched alkanes of at least 4 members (excludes halogenated alkanes) is 3. The summed E-state index contributed by atoms with van der Waals surface area (Å²) in [5.41, 5.74) is 2.22. The zero-order valence-electron chi connectivity index (χ0n) is 13.9. The van der Waals surface area contributed by atoms with Gasteiger partial charge in [0, 0.05) is 44.7 Å². The third kappa shape index (κ3) is 5.90. The molecule has 0 aliphatic carbocycles. The molecular weight excluding hydrogens is 272 g/mol. The van der Waals surface area contributed by atoms with Crippen molar-refractivity contribution in [1.82, 2.24) is 10.2 Å². The minimum absolute atomic E-state index is 0.274. The predicted molar refractivity (Wildman–Crippen MR) is 92.5 cm³/mol. The number of aryl methyl sites for hydroxylation is 1. The molecule has 3 nitrogen and oxygen atoms in total. The zero-order chi connectivity index (χ0) is 15.6. The van der Waals surface area contributed by atoms with Crippen LogP contribution in [0.2, 0.25) is 0 Å². The van der Waals surface area contributed by atoms with Gasteiger partial charge < -0.3 is 10.2 Å². The summed E-state index contributed by atoms with van der Waals surface area (Å²) in [6.07, 6.45) is 6.93. The van der Waals surface area contributed by atoms with Crippen LogP contribution >= 0.6 is 0 Å². The van der Waals surface area contributed by atoms with E-state index in [1.807, 2.05) is 12.1 Å². The van der Waals surface area contributed by atoms with Crippen molar-refractivity contribution in [3.05, 3.63) is 35.4 Å². The molecule has 0 bridgehead atoms. The second-order valence-corrected chi connectivity index (χ2v) is 6.27. The van der Waals surface area contributed by atoms with Crippen LogP contribution in [-0.4, -0.2) is 43.4 Å². The van der Waals surface area contributed by atoms with Gasteiger partial charge in [0.15, 0.2) is 5.78 Å². The largest absolute Gasteiger partial charge is 0.314 e. The number of Topliss-reactive ketones (excluding diaryl/α,β-unsaturated/α-hetero) is 1. The molecule has 0 atom stereocenters. The highest BCUT2D eigenvalue weighted by Crippen LogP contribution is 2.11. The molecule has 1 aromatic carbocycles. The Morgan fingerprint density at radius 3 is 2.50 bits per heavy atom. The predicted octanol–water partition coefficient (Wildman–Crippen LogP) is 3.29. The molecule has 1 aliphatic heterocycles. The van der Waals surface area contributed by atoms with Gasteiger partial charge in [0.05, 0.1) is 0 Å². The first-order valence-electron chi connectivity index (χ1n) is 8.85. The zero-order valence-corrected chi connectivity index (χ0v) is 13.9. The van der Waals surface area contributed by atoms with Gasteiger partial charge in [-0.1, -0.05) is 50.5 Å². The van der Waals surface area contributed by atoms with E-state index in [9.17, 15) is 4.79 Å². The molecule has 3 heteroatoms. The topological polar surface area (TPSA) is 32.3 Å². The highest BCUT2D eigenvalue weighted by atomic mass is 16.1. The first-order valence-corrected chi connectivity index (χ1v) is 8.85. The lowest BCUT2D eigenvalue weighted by atomic mass is 10.0. The Kier molecular flexibility index (Phi) is 7.61. The van der Waals surface area contributed by atoms with E-state index in [4.69, 9.17) is 0 Å². The fourth-order valence-corrected chi connectivity index (χ4v) is 2.95. The summed E-state index contributed by atoms with van der Waals surface area (Å²) >= 11 is 0. The smallest absolute Gasteiger partial charge is 0.164 e. The van der Waals surface area contributed by atoms with Crippen LogP contribution in [-0.2, 0) is 6.42 Å². The Bertz CT molecular complexity index is 435. The number of rotatable bonds is 9. The lowest BCUT2D eigenvalue weighted by Crippen LogP contribution is -2.44. The van der Waals surface area contributed by atoms with Crippen LogP contribution in [0.15, 0.2) is 24.3 Å². The van der Waals surface area contributed by atoms with E-state index in [1.165, 1.54) is 31.2 Å². The van der Waals surface area contributed by atoms with Crippen molar-refractivity contribution < 1.29 is 4.79 Å². The van der Waals surface area contributed by atoms with Crippen LogP contribution in [0, 0.1) is 0 Å². The van der Waals surface area contributed by atoms with Crippen LogP contribution < -0.4 is 5.32 Å². The van der Waals surface area contributed by atoms with E-state index in [2.05, 4.69) is 29.3 Å². The maximum Gasteiger partial charge on any atom is 0.164 e. The van der Waals surface area contributed by atoms with Gasteiger partial charge in [-0.15, -0.1) is 0 Å². The molecule has 122 valence electrons. The minimum Gasteiger partial charge on any atom is -0.314 e. The standard InChI is InChI=1S/C19H30N2O/c1-2-3-4-5-6-17-7-9-18(10-8-17)19(22)11-14-21-15-12-20-13-16-21/h7-10,20H,2-6,11-16H2,1H3. The fourth-order valence-electron chi connectivity index (χ4n) is 2.95. The molecule has 1 N–H and O–H groups in total. The Hall–Kier alpha value is -1.19. The van der Waals surface area contributed by atoms with E-state index in [0.717, 1.165) is 44.7 Å². The molecule has 0 radical (unpaired) electrons. The number of piperazine rings is 1. The maximum atomic E-state index is 12.3. The number of carbonyl (C=O) groups excluding carboxylic acids is 1. The number of nitrogens with one attached hydrogen (secondary N) is 1. The van der Waals surface area contributed by atoms with Gasteiger partial charge in [-0.2, -0.15) is 0 Å². The van der Waals surface area contributed by atoms with E-state index >= 15 is 0 Å². The average Bonchev–Trinajstić information content (AvgIpc) is 2.58. The molecular formula is C19H30N2O. The summed E-state index contributed by atoms with van der Waals surface area (Å²) < 4.78 is 0. The Balaban J connectivity index is 1.73. The van der Waals surface area contributed by atoms with E-state index < -0.39 is 0 Å². The average molecular weight is 302 g/mol. The summed E-state index contributed by atoms with van der Waals surface area (Å²) in [7, 11) is 0. The number of ketones is 1. The van der Waals surface area contributed by atoms with Crippen LogP contribution in [0.5, 0.6) is 0 Å². The van der Waals surface area contributed by atoms with Crippen molar-refractivity contribution in [3.63, 3.8) is 0 Å². The normalized spacial score (nSPS) is 15.9. The summed E-state index contributed by atoms with van der Waals surface area (Å²) in [4.78, 5) is 14.6. The Morgan fingerprint density at radius 2 is 1.82 bits per heavy atom. The second-order valence-electron chi connectivity index (χ2n) is 6.27. The SMILES string of the molecule is CCCCCCc1ccc(C(=O)CCN2CCNCC2)cc1. The first-order chi connectivity index (χ1) is 10.8. The van der Waals surface area contributed by atoms with Crippen molar-refractivity contribution in [2.75, 3.05) is 32.7 Å². The second kappa shape index (κ2) is 9.75. The molecule has 1 fully saturated rings. The number of hydrogen-bond donors (Lipinski definition) is 1. The third-order valence-corrected chi connectivity index (χ3v) is 4.46. The summed E-state index contributed by atoms with van der Waals surface area (Å²) in [6.45, 7) is 7.33. The molecule has 2 rings (SSSR count). The van der Waals surface area contributed by atoms with E-state index in [-0.39, 0.29) is 5.78 Å². The molecule has 0 unspecified atom stereocenters. The van der Waals surface area contributed by atoms with Gasteiger partial charge in [-0.25, -0.2) is 0 Å².